The molecule has 0 atom stereocenters. The van der Waals surface area contributed by atoms with Gasteiger partial charge in [-0.2, -0.15) is 5.10 Å². The second kappa shape index (κ2) is 13.3. The number of nitrogens with one attached hydrogen (secondary N) is 1. The highest BCUT2D eigenvalue weighted by Crippen LogP contribution is 2.26. The van der Waals surface area contributed by atoms with Gasteiger partial charge in [-0.1, -0.05) is 72.4 Å². The molecule has 0 aliphatic heterocycles. The minimum absolute atomic E-state index is 0.0382. The Kier molecular flexibility index (Phi) is 9.82. The molecule has 2 aromatic carbocycles. The molecule has 0 fully saturated rings. The topological polar surface area (TPSA) is 94.7 Å². The number of aryl methyl sites for hydroxylation is 1. The Hall–Kier alpha value is -2.88. The van der Waals surface area contributed by atoms with Crippen LogP contribution in [0.5, 0.6) is 0 Å². The van der Waals surface area contributed by atoms with Crippen molar-refractivity contribution in [1.29, 1.82) is 0 Å². The number of thioether (sulfide) groups is 1. The predicted octanol–water partition coefficient (Wildman–Crippen LogP) is 6.03. The number of halogens is 2. The summed E-state index contributed by atoms with van der Waals surface area (Å²) in [6, 6.07) is 12.6. The summed E-state index contributed by atoms with van der Waals surface area (Å²) in [5, 5.41) is 19.4. The van der Waals surface area contributed by atoms with E-state index in [1.807, 2.05) is 35.9 Å². The summed E-state index contributed by atoms with van der Waals surface area (Å²) in [4.78, 5) is 24.5. The second-order valence-electron chi connectivity index (χ2n) is 9.09. The molecule has 0 spiro atoms. The Morgan fingerprint density at radius 3 is 2.50 bits per heavy atom. The van der Waals surface area contributed by atoms with Crippen LogP contribution in [0.15, 0.2) is 52.4 Å². The molecule has 0 aliphatic carbocycles. The number of hydrogen-bond acceptors (Lipinski definition) is 6. The quantitative estimate of drug-likeness (QED) is 0.164. The first-order chi connectivity index (χ1) is 18.3. The molecule has 2 heterocycles. The largest absolute Gasteiger partial charge is 0.325 e. The lowest BCUT2D eigenvalue weighted by Crippen LogP contribution is -2.21. The van der Waals surface area contributed by atoms with Gasteiger partial charge in [0.1, 0.15) is 5.82 Å². The number of amides is 1. The molecule has 4 rings (SSSR count). The summed E-state index contributed by atoms with van der Waals surface area (Å²) in [5.41, 5.74) is 1.29. The average molecular weight is 574 g/mol. The third-order valence-corrected chi connectivity index (χ3v) is 7.92. The molecular formula is C27H30Cl2N6O2S. The molecule has 0 bridgehead atoms. The van der Waals surface area contributed by atoms with E-state index >= 15 is 0 Å². The summed E-state index contributed by atoms with van der Waals surface area (Å²) >= 11 is 13.7. The van der Waals surface area contributed by atoms with Crippen LogP contribution in [0.2, 0.25) is 10.0 Å². The molecule has 0 aliphatic rings. The van der Waals surface area contributed by atoms with Crippen molar-refractivity contribution in [3.8, 4) is 0 Å². The minimum Gasteiger partial charge on any atom is -0.325 e. The van der Waals surface area contributed by atoms with Crippen LogP contribution in [0.3, 0.4) is 0 Å². The summed E-state index contributed by atoms with van der Waals surface area (Å²) in [6.45, 7) is 0. The fourth-order valence-corrected chi connectivity index (χ4v) is 5.55. The molecule has 1 amide bonds. The van der Waals surface area contributed by atoms with Gasteiger partial charge in [-0.3, -0.25) is 9.59 Å². The minimum atomic E-state index is -0.107. The molecule has 38 heavy (non-hydrogen) atoms. The van der Waals surface area contributed by atoms with Gasteiger partial charge in [0.25, 0.3) is 5.56 Å². The Morgan fingerprint density at radius 1 is 0.974 bits per heavy atom. The molecule has 2 aromatic heterocycles. The van der Waals surface area contributed by atoms with Gasteiger partial charge in [0.2, 0.25) is 5.91 Å². The number of aromatic nitrogens is 5. The maximum absolute atomic E-state index is 12.4. The number of nitrogens with zero attached hydrogens (tertiary/aromatic N) is 5. The standard InChI is InChI=1S/C27H30Cl2N6O2S/c1-34-24(17-23-19-10-7-8-11-20(19)26(37)35(2)33-23)31-32-27(34)38-15-9-5-3-4-6-12-25(36)30-22-14-13-18(28)16-21(22)29/h7-8,10-11,13-14,16H,3-6,9,12,15,17H2,1-2H3,(H,30,36). The fourth-order valence-electron chi connectivity index (χ4n) is 4.17. The van der Waals surface area contributed by atoms with Gasteiger partial charge >= 0.3 is 0 Å². The highest BCUT2D eigenvalue weighted by atomic mass is 35.5. The highest BCUT2D eigenvalue weighted by Gasteiger charge is 2.14. The lowest BCUT2D eigenvalue weighted by atomic mass is 10.1. The first-order valence-corrected chi connectivity index (χ1v) is 14.3. The van der Waals surface area contributed by atoms with Crippen molar-refractivity contribution in [3.63, 3.8) is 0 Å². The smallest absolute Gasteiger partial charge is 0.274 e. The first-order valence-electron chi connectivity index (χ1n) is 12.5. The Bertz CT molecular complexity index is 1490. The lowest BCUT2D eigenvalue weighted by Gasteiger charge is -2.08. The van der Waals surface area contributed by atoms with E-state index in [0.29, 0.717) is 34.0 Å². The zero-order valence-corrected chi connectivity index (χ0v) is 23.7. The second-order valence-corrected chi connectivity index (χ2v) is 11.0. The number of rotatable bonds is 12. The van der Waals surface area contributed by atoms with E-state index in [4.69, 9.17) is 23.2 Å². The van der Waals surface area contributed by atoms with Crippen molar-refractivity contribution < 1.29 is 4.79 Å². The van der Waals surface area contributed by atoms with Crippen molar-refractivity contribution in [3.05, 3.63) is 74.4 Å². The summed E-state index contributed by atoms with van der Waals surface area (Å²) in [5.74, 6) is 1.72. The van der Waals surface area contributed by atoms with Crippen molar-refractivity contribution in [1.82, 2.24) is 24.5 Å². The van der Waals surface area contributed by atoms with Gasteiger partial charge in [0, 0.05) is 36.7 Å². The first kappa shape index (κ1) is 28.1. The van der Waals surface area contributed by atoms with Crippen molar-refractivity contribution in [2.75, 3.05) is 11.1 Å². The average Bonchev–Trinajstić information content (AvgIpc) is 3.24. The zero-order valence-electron chi connectivity index (χ0n) is 21.4. The van der Waals surface area contributed by atoms with E-state index in [0.717, 1.165) is 59.9 Å². The Balaban J connectivity index is 1.17. The molecule has 8 nitrogen and oxygen atoms in total. The van der Waals surface area contributed by atoms with Crippen molar-refractivity contribution in [2.45, 2.75) is 50.1 Å². The van der Waals surface area contributed by atoms with Crippen molar-refractivity contribution >= 4 is 57.3 Å². The third kappa shape index (κ3) is 7.15. The van der Waals surface area contributed by atoms with Gasteiger partial charge in [-0.05, 0) is 37.1 Å². The molecule has 11 heteroatoms. The number of anilines is 1. The van der Waals surface area contributed by atoms with Crippen LogP contribution in [0.25, 0.3) is 10.8 Å². The van der Waals surface area contributed by atoms with Gasteiger partial charge in [-0.15, -0.1) is 10.2 Å². The van der Waals surface area contributed by atoms with E-state index in [2.05, 4.69) is 20.6 Å². The molecule has 200 valence electrons. The van der Waals surface area contributed by atoms with Crippen LogP contribution in [-0.4, -0.2) is 36.2 Å². The number of carbonyl (C=O) groups is 1. The molecule has 0 unspecified atom stereocenters. The van der Waals surface area contributed by atoms with Crippen LogP contribution < -0.4 is 10.9 Å². The van der Waals surface area contributed by atoms with Gasteiger partial charge < -0.3 is 9.88 Å². The summed E-state index contributed by atoms with van der Waals surface area (Å²) in [7, 11) is 3.63. The fraction of sp³-hybridized carbons (Fsp3) is 0.370. The van der Waals surface area contributed by atoms with Crippen LogP contribution in [-0.2, 0) is 25.3 Å². The number of hydrogen-bond donors (Lipinski definition) is 1. The monoisotopic (exact) mass is 572 g/mol. The van der Waals surface area contributed by atoms with Gasteiger partial charge in [-0.25, -0.2) is 4.68 Å². The molecule has 0 saturated carbocycles. The summed E-state index contributed by atoms with van der Waals surface area (Å²) < 4.78 is 3.38. The van der Waals surface area contributed by atoms with Crippen LogP contribution in [0.4, 0.5) is 5.69 Å². The van der Waals surface area contributed by atoms with Gasteiger partial charge in [0.15, 0.2) is 5.16 Å². The van der Waals surface area contributed by atoms with E-state index in [-0.39, 0.29) is 11.5 Å². The SMILES string of the molecule is Cn1c(Cc2nn(C)c(=O)c3ccccc23)nnc1SCCCCCCCC(=O)Nc1ccc(Cl)cc1Cl. The maximum atomic E-state index is 12.4. The Morgan fingerprint density at radius 2 is 1.71 bits per heavy atom. The molecule has 4 aromatic rings. The zero-order chi connectivity index (χ0) is 27.1. The number of carbonyl (C=O) groups excluding carboxylic acids is 1. The highest BCUT2D eigenvalue weighted by molar-refractivity contribution is 7.99. The molecule has 0 radical (unpaired) electrons. The van der Waals surface area contributed by atoms with E-state index in [9.17, 15) is 9.59 Å². The third-order valence-electron chi connectivity index (χ3n) is 6.27. The molecular weight excluding hydrogens is 543 g/mol. The van der Waals surface area contributed by atoms with Gasteiger partial charge in [0.05, 0.1) is 28.2 Å². The van der Waals surface area contributed by atoms with E-state index in [1.54, 1.807) is 37.0 Å². The number of fused-ring (bicyclic) bond motifs is 1. The molecule has 0 saturated heterocycles. The van der Waals surface area contributed by atoms with Crippen LogP contribution in [0, 0.1) is 0 Å². The van der Waals surface area contributed by atoms with Crippen LogP contribution >= 0.6 is 35.0 Å². The van der Waals surface area contributed by atoms with E-state index < -0.39 is 0 Å². The number of unbranched alkanes of at least 4 members (excludes halogenated alkanes) is 4. The normalized spacial score (nSPS) is 11.3. The van der Waals surface area contributed by atoms with Crippen molar-refractivity contribution in [2.24, 2.45) is 14.1 Å². The molecule has 1 N–H and O–H groups in total. The lowest BCUT2D eigenvalue weighted by molar-refractivity contribution is -0.116. The Labute approximate surface area is 235 Å². The van der Waals surface area contributed by atoms with E-state index in [1.165, 1.54) is 4.68 Å². The predicted molar refractivity (Wildman–Crippen MR) is 154 cm³/mol. The summed E-state index contributed by atoms with van der Waals surface area (Å²) in [6.07, 6.45) is 6.03. The van der Waals surface area contributed by atoms with Crippen LogP contribution in [0.1, 0.15) is 50.0 Å². The maximum Gasteiger partial charge on any atom is 0.274 e. The number of benzene rings is 2.